The van der Waals surface area contributed by atoms with Gasteiger partial charge in [0.25, 0.3) is 0 Å². The van der Waals surface area contributed by atoms with Crippen molar-refractivity contribution in [3.05, 3.63) is 78.1 Å². The van der Waals surface area contributed by atoms with Crippen LogP contribution in [0.1, 0.15) is 49.2 Å². The van der Waals surface area contributed by atoms with Gasteiger partial charge in [0.05, 0.1) is 25.6 Å². The number of nitrogens with zero attached hydrogens (tertiary/aromatic N) is 2. The highest BCUT2D eigenvalue weighted by Crippen LogP contribution is 2.25. The molecule has 2 aromatic heterocycles. The van der Waals surface area contributed by atoms with Gasteiger partial charge in [-0.15, -0.1) is 0 Å². The van der Waals surface area contributed by atoms with Crippen LogP contribution in [0.3, 0.4) is 0 Å². The number of amides is 2. The highest BCUT2D eigenvalue weighted by molar-refractivity contribution is 5.90. The average molecular weight is 422 g/mol. The summed E-state index contributed by atoms with van der Waals surface area (Å²) in [6.45, 7) is 1.55. The Morgan fingerprint density at radius 2 is 1.55 bits per heavy atom. The molecule has 1 saturated carbocycles. The summed E-state index contributed by atoms with van der Waals surface area (Å²) in [5.41, 5.74) is 1.97. The molecule has 6 heteroatoms. The molecule has 31 heavy (non-hydrogen) atoms. The van der Waals surface area contributed by atoms with Crippen LogP contribution >= 0.6 is 0 Å². The van der Waals surface area contributed by atoms with E-state index in [1.54, 1.807) is 17.4 Å². The largest absolute Gasteiger partial charge is 0.467 e. The number of benzene rings is 1. The van der Waals surface area contributed by atoms with E-state index < -0.39 is 0 Å². The molecule has 3 aromatic rings. The van der Waals surface area contributed by atoms with Gasteiger partial charge in [-0.05, 0) is 55.8 Å². The molecule has 1 fully saturated rings. The standard InChI is InChI=1S/C25H31N3O3/c1-27(21-10-3-2-4-11-21)17-20-9-5-6-14-24(20)26-25(29)28(18-22-12-7-15-30-22)19-23-13-8-16-31-23/h5-9,12-16,21H,2-4,10-11,17-19H2,1H3,(H,26,29). The first-order chi connectivity index (χ1) is 15.2. The summed E-state index contributed by atoms with van der Waals surface area (Å²) in [5.74, 6) is 1.46. The number of urea groups is 1. The molecule has 0 radical (unpaired) electrons. The van der Waals surface area contributed by atoms with Gasteiger partial charge in [0.1, 0.15) is 11.5 Å². The molecule has 2 amide bonds. The molecule has 0 saturated heterocycles. The quantitative estimate of drug-likeness (QED) is 0.494. The van der Waals surface area contributed by atoms with Gasteiger partial charge in [-0.3, -0.25) is 4.90 Å². The van der Waals surface area contributed by atoms with E-state index in [1.807, 2.05) is 42.5 Å². The number of carbonyl (C=O) groups excluding carboxylic acids is 1. The number of nitrogens with one attached hydrogen (secondary N) is 1. The van der Waals surface area contributed by atoms with E-state index >= 15 is 0 Å². The smallest absolute Gasteiger partial charge is 0.322 e. The zero-order valence-electron chi connectivity index (χ0n) is 18.1. The summed E-state index contributed by atoms with van der Waals surface area (Å²) >= 11 is 0. The molecule has 0 atom stereocenters. The molecular weight excluding hydrogens is 390 g/mol. The minimum absolute atomic E-state index is 0.180. The fourth-order valence-corrected chi connectivity index (χ4v) is 4.27. The van der Waals surface area contributed by atoms with Crippen LogP contribution in [0.15, 0.2) is 69.9 Å². The summed E-state index contributed by atoms with van der Waals surface area (Å²) in [6.07, 6.45) is 9.71. The van der Waals surface area contributed by atoms with Crippen LogP contribution in [0.2, 0.25) is 0 Å². The van der Waals surface area contributed by atoms with Gasteiger partial charge < -0.3 is 19.1 Å². The predicted molar refractivity (Wildman–Crippen MR) is 120 cm³/mol. The molecule has 0 spiro atoms. The van der Waals surface area contributed by atoms with Gasteiger partial charge in [-0.1, -0.05) is 37.5 Å². The van der Waals surface area contributed by atoms with Crippen molar-refractivity contribution in [2.75, 3.05) is 12.4 Å². The maximum absolute atomic E-state index is 13.2. The topological polar surface area (TPSA) is 61.9 Å². The van der Waals surface area contributed by atoms with Crippen molar-refractivity contribution in [1.29, 1.82) is 0 Å². The van der Waals surface area contributed by atoms with E-state index in [-0.39, 0.29) is 6.03 Å². The van der Waals surface area contributed by atoms with Gasteiger partial charge in [0, 0.05) is 18.3 Å². The minimum Gasteiger partial charge on any atom is -0.467 e. The Kier molecular flexibility index (Phi) is 7.10. The van der Waals surface area contributed by atoms with Crippen molar-refractivity contribution in [2.24, 2.45) is 0 Å². The van der Waals surface area contributed by atoms with E-state index in [4.69, 9.17) is 8.83 Å². The van der Waals surface area contributed by atoms with Crippen LogP contribution in [0, 0.1) is 0 Å². The lowest BCUT2D eigenvalue weighted by Gasteiger charge is -2.31. The third-order valence-corrected chi connectivity index (χ3v) is 6.02. The van der Waals surface area contributed by atoms with Gasteiger partial charge in [0.2, 0.25) is 0 Å². The van der Waals surface area contributed by atoms with Crippen molar-refractivity contribution in [3.8, 4) is 0 Å². The van der Waals surface area contributed by atoms with Crippen molar-refractivity contribution in [2.45, 2.75) is 57.8 Å². The van der Waals surface area contributed by atoms with Crippen LogP contribution in [0.4, 0.5) is 10.5 Å². The molecule has 1 aliphatic rings. The van der Waals surface area contributed by atoms with Crippen LogP contribution in [-0.4, -0.2) is 28.9 Å². The Morgan fingerprint density at radius 1 is 0.903 bits per heavy atom. The second-order valence-corrected chi connectivity index (χ2v) is 8.31. The van der Waals surface area contributed by atoms with Crippen LogP contribution in [0.25, 0.3) is 0 Å². The molecule has 0 aliphatic heterocycles. The third-order valence-electron chi connectivity index (χ3n) is 6.02. The van der Waals surface area contributed by atoms with E-state index in [1.165, 1.54) is 32.1 Å². The lowest BCUT2D eigenvalue weighted by molar-refractivity contribution is 0.184. The van der Waals surface area contributed by atoms with E-state index in [2.05, 4.69) is 23.3 Å². The lowest BCUT2D eigenvalue weighted by Crippen LogP contribution is -2.35. The number of anilines is 1. The number of para-hydroxylation sites is 1. The zero-order valence-corrected chi connectivity index (χ0v) is 18.1. The molecule has 0 bridgehead atoms. The number of carbonyl (C=O) groups is 1. The molecule has 4 rings (SSSR count). The molecule has 6 nitrogen and oxygen atoms in total. The fraction of sp³-hybridized carbons (Fsp3) is 0.400. The Labute approximate surface area is 183 Å². The first kappa shape index (κ1) is 21.2. The van der Waals surface area contributed by atoms with Crippen LogP contribution in [0.5, 0.6) is 0 Å². The Bertz CT molecular complexity index is 895. The lowest BCUT2D eigenvalue weighted by atomic mass is 9.94. The SMILES string of the molecule is CN(Cc1ccccc1NC(=O)N(Cc1ccco1)Cc1ccco1)C1CCCCC1. The molecular formula is C25H31N3O3. The second-order valence-electron chi connectivity index (χ2n) is 8.31. The molecule has 1 aromatic carbocycles. The maximum Gasteiger partial charge on any atom is 0.322 e. The average Bonchev–Trinajstić information content (AvgIpc) is 3.50. The van der Waals surface area contributed by atoms with E-state index in [0.717, 1.165) is 29.3 Å². The first-order valence-electron chi connectivity index (χ1n) is 11.1. The van der Waals surface area contributed by atoms with Gasteiger partial charge in [-0.25, -0.2) is 4.79 Å². The fourth-order valence-electron chi connectivity index (χ4n) is 4.27. The van der Waals surface area contributed by atoms with Crippen molar-refractivity contribution in [3.63, 3.8) is 0 Å². The zero-order chi connectivity index (χ0) is 21.5. The second kappa shape index (κ2) is 10.4. The van der Waals surface area contributed by atoms with Gasteiger partial charge >= 0.3 is 6.03 Å². The third kappa shape index (κ3) is 5.79. The molecule has 1 aliphatic carbocycles. The van der Waals surface area contributed by atoms with Crippen molar-refractivity contribution in [1.82, 2.24) is 9.80 Å². The number of hydrogen-bond donors (Lipinski definition) is 1. The predicted octanol–water partition coefficient (Wildman–Crippen LogP) is 5.87. The Morgan fingerprint density at radius 3 is 2.16 bits per heavy atom. The van der Waals surface area contributed by atoms with E-state index in [9.17, 15) is 4.79 Å². The summed E-state index contributed by atoms with van der Waals surface area (Å²) in [7, 11) is 2.19. The monoisotopic (exact) mass is 421 g/mol. The van der Waals surface area contributed by atoms with Crippen molar-refractivity contribution < 1.29 is 13.6 Å². The van der Waals surface area contributed by atoms with Crippen LogP contribution in [-0.2, 0) is 19.6 Å². The Balaban J connectivity index is 1.46. The van der Waals surface area contributed by atoms with Crippen LogP contribution < -0.4 is 5.32 Å². The number of rotatable bonds is 8. The molecule has 1 N–H and O–H groups in total. The van der Waals surface area contributed by atoms with Crippen molar-refractivity contribution >= 4 is 11.7 Å². The molecule has 0 unspecified atom stereocenters. The molecule has 2 heterocycles. The van der Waals surface area contributed by atoms with E-state index in [0.29, 0.717) is 19.1 Å². The summed E-state index contributed by atoms with van der Waals surface area (Å²) < 4.78 is 10.9. The summed E-state index contributed by atoms with van der Waals surface area (Å²) in [5, 5.41) is 3.12. The summed E-state index contributed by atoms with van der Waals surface area (Å²) in [4.78, 5) is 17.3. The highest BCUT2D eigenvalue weighted by atomic mass is 16.3. The number of hydrogen-bond acceptors (Lipinski definition) is 4. The normalized spacial score (nSPS) is 14.6. The Hall–Kier alpha value is -2.99. The molecule has 164 valence electrons. The van der Waals surface area contributed by atoms with Gasteiger partial charge in [0.15, 0.2) is 0 Å². The number of furan rings is 2. The maximum atomic E-state index is 13.2. The minimum atomic E-state index is -0.180. The summed E-state index contributed by atoms with van der Waals surface area (Å²) in [6, 6.07) is 15.9. The first-order valence-corrected chi connectivity index (χ1v) is 11.1. The van der Waals surface area contributed by atoms with Gasteiger partial charge in [-0.2, -0.15) is 0 Å². The highest BCUT2D eigenvalue weighted by Gasteiger charge is 2.21.